The summed E-state index contributed by atoms with van der Waals surface area (Å²) in [5, 5.41) is 20.1. The van der Waals surface area contributed by atoms with Crippen LogP contribution in [0, 0.1) is 0 Å². The lowest BCUT2D eigenvalue weighted by Crippen LogP contribution is -2.25. The minimum atomic E-state index is -0.295. The number of aryl methyl sites for hydroxylation is 1. The summed E-state index contributed by atoms with van der Waals surface area (Å²) in [5.74, 6) is 1.11. The number of para-hydroxylation sites is 1. The highest BCUT2D eigenvalue weighted by atomic mass is 35.5. The fourth-order valence-electron chi connectivity index (χ4n) is 3.98. The van der Waals surface area contributed by atoms with E-state index in [2.05, 4.69) is 32.6 Å². The Morgan fingerprint density at radius 1 is 1.03 bits per heavy atom. The third kappa shape index (κ3) is 4.69. The molecule has 36 heavy (non-hydrogen) atoms. The van der Waals surface area contributed by atoms with Crippen LogP contribution in [0.15, 0.2) is 59.5 Å². The molecule has 184 valence electrons. The molecule has 5 rings (SSSR count). The van der Waals surface area contributed by atoms with E-state index in [0.29, 0.717) is 51.1 Å². The average Bonchev–Trinajstić information content (AvgIpc) is 3.59. The second-order valence-electron chi connectivity index (χ2n) is 8.19. The van der Waals surface area contributed by atoms with Gasteiger partial charge in [0.2, 0.25) is 5.82 Å². The third-order valence-corrected chi connectivity index (χ3v) is 6.58. The molecule has 0 aliphatic heterocycles. The number of benzene rings is 2. The average molecular weight is 544 g/mol. The quantitative estimate of drug-likeness (QED) is 0.284. The van der Waals surface area contributed by atoms with Crippen LogP contribution in [0.5, 0.6) is 0 Å². The first-order chi connectivity index (χ1) is 17.5. The zero-order valence-electron chi connectivity index (χ0n) is 19.2. The van der Waals surface area contributed by atoms with Gasteiger partial charge in [0.05, 0.1) is 27.3 Å². The highest BCUT2D eigenvalue weighted by molar-refractivity contribution is 6.37. The van der Waals surface area contributed by atoms with E-state index in [-0.39, 0.29) is 5.69 Å². The first kappa shape index (κ1) is 24.3. The van der Waals surface area contributed by atoms with Crippen LogP contribution < -0.4 is 5.69 Å². The van der Waals surface area contributed by atoms with Gasteiger partial charge in [0.15, 0.2) is 0 Å². The molecule has 0 atom stereocenters. The summed E-state index contributed by atoms with van der Waals surface area (Å²) in [4.78, 5) is 13.4. The number of unbranched alkanes of at least 4 members (excludes halogenated alkanes) is 1. The summed E-state index contributed by atoms with van der Waals surface area (Å²) < 4.78 is 4.85. The Kier molecular flexibility index (Phi) is 6.95. The molecule has 0 aliphatic rings. The van der Waals surface area contributed by atoms with Crippen LogP contribution in [0.3, 0.4) is 0 Å². The molecule has 0 bridgehead atoms. The second-order valence-corrected chi connectivity index (χ2v) is 9.44. The lowest BCUT2D eigenvalue weighted by molar-refractivity contribution is 0.666. The van der Waals surface area contributed by atoms with Crippen molar-refractivity contribution in [2.24, 2.45) is 0 Å². The van der Waals surface area contributed by atoms with Crippen molar-refractivity contribution in [2.45, 2.75) is 32.7 Å². The van der Waals surface area contributed by atoms with Crippen molar-refractivity contribution in [3.05, 3.63) is 91.7 Å². The Morgan fingerprint density at radius 2 is 1.78 bits per heavy atom. The number of nitrogens with one attached hydrogen (secondary N) is 1. The molecule has 1 N–H and O–H groups in total. The molecule has 12 heteroatoms. The summed E-state index contributed by atoms with van der Waals surface area (Å²) in [6, 6.07) is 14.7. The minimum Gasteiger partial charge on any atom is -0.312 e. The number of aromatic amines is 1. The molecule has 0 spiro atoms. The van der Waals surface area contributed by atoms with Gasteiger partial charge in [-0.25, -0.2) is 4.79 Å². The van der Waals surface area contributed by atoms with Gasteiger partial charge in [-0.15, -0.1) is 15.3 Å². The van der Waals surface area contributed by atoms with Gasteiger partial charge in [-0.2, -0.15) is 9.90 Å². The zero-order valence-corrected chi connectivity index (χ0v) is 21.5. The highest BCUT2D eigenvalue weighted by Crippen LogP contribution is 2.28. The van der Waals surface area contributed by atoms with E-state index in [1.807, 2.05) is 28.8 Å². The maximum atomic E-state index is 13.4. The maximum Gasteiger partial charge on any atom is 0.351 e. The molecular weight excluding hydrogens is 523 g/mol. The summed E-state index contributed by atoms with van der Waals surface area (Å²) in [6.07, 6.45) is 4.32. The number of hydrogen-bond acceptors (Lipinski definition) is 5. The largest absolute Gasteiger partial charge is 0.351 e. The van der Waals surface area contributed by atoms with Crippen LogP contribution in [0.4, 0.5) is 0 Å². The topological polar surface area (TPSA) is 99.2 Å². The van der Waals surface area contributed by atoms with Crippen LogP contribution in [0.25, 0.3) is 22.9 Å². The molecule has 9 nitrogen and oxygen atoms in total. The van der Waals surface area contributed by atoms with Crippen molar-refractivity contribution in [3.63, 3.8) is 0 Å². The standard InChI is InChI=1S/C24H21Cl3N8O/c1-2-3-7-21-30-35(22-18(26)5-4-6-19(22)27)24(36)34(21)13-15-8-10-17(11-9-15)33-14-16(25)12-20(33)23-28-31-32-29-23/h4-6,8-12,14H,2-3,7,13H2,1H3,(H,28,29,31,32). The fourth-order valence-corrected chi connectivity index (χ4v) is 4.74. The highest BCUT2D eigenvalue weighted by Gasteiger charge is 2.19. The van der Waals surface area contributed by atoms with E-state index in [9.17, 15) is 4.79 Å². The van der Waals surface area contributed by atoms with Gasteiger partial charge in [0, 0.05) is 18.3 Å². The van der Waals surface area contributed by atoms with Crippen molar-refractivity contribution >= 4 is 34.8 Å². The third-order valence-electron chi connectivity index (χ3n) is 5.76. The Labute approximate surface area is 221 Å². The number of aromatic nitrogens is 8. The number of halogens is 3. The lowest BCUT2D eigenvalue weighted by Gasteiger charge is -2.09. The lowest BCUT2D eigenvalue weighted by atomic mass is 10.2. The normalized spacial score (nSPS) is 11.3. The molecule has 0 unspecified atom stereocenters. The van der Waals surface area contributed by atoms with Crippen LogP contribution in [0.2, 0.25) is 15.1 Å². The Morgan fingerprint density at radius 3 is 2.44 bits per heavy atom. The van der Waals surface area contributed by atoms with E-state index < -0.39 is 0 Å². The predicted octanol–water partition coefficient (Wildman–Crippen LogP) is 5.36. The molecule has 3 aromatic heterocycles. The van der Waals surface area contributed by atoms with Gasteiger partial charge in [-0.05, 0) is 47.5 Å². The molecule has 0 saturated carbocycles. The van der Waals surface area contributed by atoms with Gasteiger partial charge >= 0.3 is 5.69 Å². The van der Waals surface area contributed by atoms with Crippen molar-refractivity contribution in [1.82, 2.24) is 39.5 Å². The maximum absolute atomic E-state index is 13.4. The minimum absolute atomic E-state index is 0.295. The van der Waals surface area contributed by atoms with Crippen LogP contribution in [-0.4, -0.2) is 39.5 Å². The molecule has 0 saturated heterocycles. The van der Waals surface area contributed by atoms with E-state index in [1.54, 1.807) is 35.0 Å². The number of rotatable bonds is 8. The van der Waals surface area contributed by atoms with Crippen LogP contribution in [0.1, 0.15) is 31.2 Å². The van der Waals surface area contributed by atoms with Crippen molar-refractivity contribution < 1.29 is 0 Å². The molecule has 0 radical (unpaired) electrons. The molecular formula is C24H21Cl3N8O. The molecule has 5 aromatic rings. The Bertz CT molecular complexity index is 1530. The van der Waals surface area contributed by atoms with E-state index >= 15 is 0 Å². The zero-order chi connectivity index (χ0) is 25.2. The molecule has 2 aromatic carbocycles. The smallest absolute Gasteiger partial charge is 0.312 e. The van der Waals surface area contributed by atoms with Gasteiger partial charge in [0.25, 0.3) is 0 Å². The summed E-state index contributed by atoms with van der Waals surface area (Å²) in [6.45, 7) is 2.45. The van der Waals surface area contributed by atoms with Gasteiger partial charge < -0.3 is 4.57 Å². The first-order valence-corrected chi connectivity index (χ1v) is 12.4. The Balaban J connectivity index is 1.49. The molecule has 3 heterocycles. The molecule has 0 amide bonds. The van der Waals surface area contributed by atoms with E-state index in [4.69, 9.17) is 34.8 Å². The van der Waals surface area contributed by atoms with Crippen molar-refractivity contribution in [1.29, 1.82) is 0 Å². The monoisotopic (exact) mass is 542 g/mol. The summed E-state index contributed by atoms with van der Waals surface area (Å²) >= 11 is 19.0. The van der Waals surface area contributed by atoms with Crippen LogP contribution >= 0.6 is 34.8 Å². The summed E-state index contributed by atoms with van der Waals surface area (Å²) in [5.41, 5.74) is 2.59. The van der Waals surface area contributed by atoms with Crippen molar-refractivity contribution in [3.8, 4) is 22.9 Å². The fraction of sp³-hybridized carbons (Fsp3) is 0.208. The van der Waals surface area contributed by atoms with Gasteiger partial charge in [0.1, 0.15) is 11.5 Å². The second kappa shape index (κ2) is 10.3. The van der Waals surface area contributed by atoms with Crippen molar-refractivity contribution in [2.75, 3.05) is 0 Å². The molecule has 0 fully saturated rings. The predicted molar refractivity (Wildman–Crippen MR) is 140 cm³/mol. The summed E-state index contributed by atoms with van der Waals surface area (Å²) in [7, 11) is 0. The van der Waals surface area contributed by atoms with Gasteiger partial charge in [-0.3, -0.25) is 4.57 Å². The number of H-pyrrole nitrogens is 1. The van der Waals surface area contributed by atoms with E-state index in [0.717, 1.165) is 24.1 Å². The number of tetrazole rings is 1. The van der Waals surface area contributed by atoms with Gasteiger partial charge in [-0.1, -0.05) is 66.3 Å². The van der Waals surface area contributed by atoms with E-state index in [1.165, 1.54) is 4.68 Å². The first-order valence-electron chi connectivity index (χ1n) is 11.3. The number of hydrogen-bond donors (Lipinski definition) is 1. The van der Waals surface area contributed by atoms with Crippen LogP contribution in [-0.2, 0) is 13.0 Å². The SMILES string of the molecule is CCCCc1nn(-c2c(Cl)cccc2Cl)c(=O)n1Cc1ccc(-n2cc(Cl)cc2-c2nn[nH]n2)cc1. The number of nitrogens with zero attached hydrogens (tertiary/aromatic N) is 7. The Hall–Kier alpha value is -3.40. The molecule has 0 aliphatic carbocycles.